The second-order valence-corrected chi connectivity index (χ2v) is 6.12. The van der Waals surface area contributed by atoms with Crippen molar-refractivity contribution in [3.8, 4) is 0 Å². The Morgan fingerprint density at radius 3 is 2.12 bits per heavy atom. The lowest BCUT2D eigenvalue weighted by molar-refractivity contribution is -0.115. The van der Waals surface area contributed by atoms with E-state index in [1.807, 2.05) is 74.4 Å². The minimum absolute atomic E-state index is 0.0829. The maximum absolute atomic E-state index is 12.2. The molecule has 0 aliphatic carbocycles. The van der Waals surface area contributed by atoms with E-state index in [1.54, 1.807) is 12.1 Å². The molecule has 0 radical (unpaired) electrons. The molecule has 0 spiro atoms. The fourth-order valence-electron chi connectivity index (χ4n) is 2.24. The molecule has 2 amide bonds. The SMILES string of the molecule is CN(C)c1ccc(NC(=O)CNC(=O)c2cccc(N(C)C)c2)cc1. The summed E-state index contributed by atoms with van der Waals surface area (Å²) in [6.07, 6.45) is 0. The molecule has 0 saturated heterocycles. The molecule has 6 heteroatoms. The van der Waals surface area contributed by atoms with Crippen molar-refractivity contribution >= 4 is 28.9 Å². The van der Waals surface area contributed by atoms with Crippen molar-refractivity contribution in [3.63, 3.8) is 0 Å². The van der Waals surface area contributed by atoms with Crippen LogP contribution in [-0.4, -0.2) is 46.5 Å². The Morgan fingerprint density at radius 2 is 1.52 bits per heavy atom. The fourth-order valence-corrected chi connectivity index (χ4v) is 2.24. The molecular weight excluding hydrogens is 316 g/mol. The summed E-state index contributed by atoms with van der Waals surface area (Å²) >= 11 is 0. The first-order chi connectivity index (χ1) is 11.9. The zero-order valence-electron chi connectivity index (χ0n) is 15.0. The van der Waals surface area contributed by atoms with Crippen molar-refractivity contribution in [2.24, 2.45) is 0 Å². The van der Waals surface area contributed by atoms with Crippen LogP contribution in [0, 0.1) is 0 Å². The van der Waals surface area contributed by atoms with E-state index < -0.39 is 0 Å². The van der Waals surface area contributed by atoms with Gasteiger partial charge in [-0.3, -0.25) is 9.59 Å². The highest BCUT2D eigenvalue weighted by molar-refractivity contribution is 5.99. The number of nitrogens with one attached hydrogen (secondary N) is 2. The van der Waals surface area contributed by atoms with Gasteiger partial charge in [-0.15, -0.1) is 0 Å². The van der Waals surface area contributed by atoms with Crippen LogP contribution in [0.5, 0.6) is 0 Å². The lowest BCUT2D eigenvalue weighted by atomic mass is 10.2. The van der Waals surface area contributed by atoms with E-state index in [4.69, 9.17) is 0 Å². The van der Waals surface area contributed by atoms with Crippen LogP contribution in [0.2, 0.25) is 0 Å². The van der Waals surface area contributed by atoms with Crippen LogP contribution in [0.1, 0.15) is 10.4 Å². The van der Waals surface area contributed by atoms with Gasteiger partial charge in [-0.25, -0.2) is 0 Å². The number of amides is 2. The first kappa shape index (κ1) is 18.3. The van der Waals surface area contributed by atoms with E-state index in [1.165, 1.54) is 0 Å². The standard InChI is InChI=1S/C19H24N4O2/c1-22(2)16-10-8-15(9-11-16)21-18(24)13-20-19(25)14-6-5-7-17(12-14)23(3)4/h5-12H,13H2,1-4H3,(H,20,25)(H,21,24). The summed E-state index contributed by atoms with van der Waals surface area (Å²) in [6.45, 7) is -0.0829. The molecular formula is C19H24N4O2. The lowest BCUT2D eigenvalue weighted by Gasteiger charge is -2.14. The van der Waals surface area contributed by atoms with Crippen molar-refractivity contribution < 1.29 is 9.59 Å². The molecule has 0 aromatic heterocycles. The Labute approximate surface area is 148 Å². The molecule has 0 saturated carbocycles. The highest BCUT2D eigenvalue weighted by atomic mass is 16.2. The highest BCUT2D eigenvalue weighted by Gasteiger charge is 2.09. The largest absolute Gasteiger partial charge is 0.378 e. The molecule has 0 aliphatic heterocycles. The van der Waals surface area contributed by atoms with Gasteiger partial charge in [0, 0.05) is 50.8 Å². The third kappa shape index (κ3) is 5.24. The van der Waals surface area contributed by atoms with Crippen LogP contribution < -0.4 is 20.4 Å². The second-order valence-electron chi connectivity index (χ2n) is 6.12. The Kier molecular flexibility index (Phi) is 6.00. The van der Waals surface area contributed by atoms with Crippen molar-refractivity contribution in [1.82, 2.24) is 5.32 Å². The molecule has 2 rings (SSSR count). The molecule has 25 heavy (non-hydrogen) atoms. The van der Waals surface area contributed by atoms with E-state index in [9.17, 15) is 9.59 Å². The van der Waals surface area contributed by atoms with Gasteiger partial charge < -0.3 is 20.4 Å². The van der Waals surface area contributed by atoms with Gasteiger partial charge in [0.2, 0.25) is 5.91 Å². The predicted molar refractivity (Wildman–Crippen MR) is 103 cm³/mol. The topological polar surface area (TPSA) is 64.7 Å². The number of hydrogen-bond donors (Lipinski definition) is 2. The molecule has 0 fully saturated rings. The normalized spacial score (nSPS) is 10.1. The molecule has 2 N–H and O–H groups in total. The van der Waals surface area contributed by atoms with Gasteiger partial charge >= 0.3 is 0 Å². The summed E-state index contributed by atoms with van der Waals surface area (Å²) < 4.78 is 0. The minimum Gasteiger partial charge on any atom is -0.378 e. The quantitative estimate of drug-likeness (QED) is 0.846. The lowest BCUT2D eigenvalue weighted by Crippen LogP contribution is -2.32. The van der Waals surface area contributed by atoms with Gasteiger partial charge in [0.25, 0.3) is 5.91 Å². The zero-order valence-corrected chi connectivity index (χ0v) is 15.0. The summed E-state index contributed by atoms with van der Waals surface area (Å²) in [6, 6.07) is 14.7. The highest BCUT2D eigenvalue weighted by Crippen LogP contribution is 2.15. The van der Waals surface area contributed by atoms with Gasteiger partial charge in [-0.2, -0.15) is 0 Å². The third-order valence-electron chi connectivity index (χ3n) is 3.70. The van der Waals surface area contributed by atoms with Gasteiger partial charge in [0.15, 0.2) is 0 Å². The van der Waals surface area contributed by atoms with Crippen LogP contribution >= 0.6 is 0 Å². The molecule has 0 bridgehead atoms. The number of hydrogen-bond acceptors (Lipinski definition) is 4. The Hall–Kier alpha value is -3.02. The molecule has 6 nitrogen and oxygen atoms in total. The Morgan fingerprint density at radius 1 is 0.880 bits per heavy atom. The van der Waals surface area contributed by atoms with Crippen LogP contribution in [-0.2, 0) is 4.79 Å². The van der Waals surface area contributed by atoms with Gasteiger partial charge in [0.1, 0.15) is 0 Å². The predicted octanol–water partition coefficient (Wildman–Crippen LogP) is 2.19. The van der Waals surface area contributed by atoms with Crippen molar-refractivity contribution in [1.29, 1.82) is 0 Å². The molecule has 2 aromatic carbocycles. The molecule has 0 unspecified atom stereocenters. The number of rotatable bonds is 6. The van der Waals surface area contributed by atoms with Crippen LogP contribution in [0.3, 0.4) is 0 Å². The monoisotopic (exact) mass is 340 g/mol. The smallest absolute Gasteiger partial charge is 0.251 e. The maximum Gasteiger partial charge on any atom is 0.251 e. The van der Waals surface area contributed by atoms with E-state index in [0.717, 1.165) is 11.4 Å². The fraction of sp³-hybridized carbons (Fsp3) is 0.263. The average Bonchev–Trinajstić information content (AvgIpc) is 2.60. The van der Waals surface area contributed by atoms with Crippen LogP contribution in [0.15, 0.2) is 48.5 Å². The molecule has 0 heterocycles. The number of nitrogens with zero attached hydrogens (tertiary/aromatic N) is 2. The second kappa shape index (κ2) is 8.19. The molecule has 0 atom stereocenters. The molecule has 0 aliphatic rings. The summed E-state index contributed by atoms with van der Waals surface area (Å²) in [7, 11) is 7.72. The van der Waals surface area contributed by atoms with Crippen molar-refractivity contribution in [2.75, 3.05) is 49.9 Å². The molecule has 132 valence electrons. The number of anilines is 3. The Balaban J connectivity index is 1.89. The first-order valence-corrected chi connectivity index (χ1v) is 7.99. The Bertz CT molecular complexity index is 739. The van der Waals surface area contributed by atoms with E-state index >= 15 is 0 Å². The average molecular weight is 340 g/mol. The van der Waals surface area contributed by atoms with Crippen molar-refractivity contribution in [2.45, 2.75) is 0 Å². The minimum atomic E-state index is -0.276. The molecule has 2 aromatic rings. The van der Waals surface area contributed by atoms with E-state index in [0.29, 0.717) is 11.3 Å². The van der Waals surface area contributed by atoms with Crippen LogP contribution in [0.4, 0.5) is 17.1 Å². The zero-order chi connectivity index (χ0) is 18.4. The first-order valence-electron chi connectivity index (χ1n) is 7.99. The van der Waals surface area contributed by atoms with Gasteiger partial charge in [-0.05, 0) is 42.5 Å². The summed E-state index contributed by atoms with van der Waals surface area (Å²) in [4.78, 5) is 28.1. The van der Waals surface area contributed by atoms with Gasteiger partial charge in [-0.1, -0.05) is 6.07 Å². The summed E-state index contributed by atoms with van der Waals surface area (Å²) in [5, 5.41) is 5.40. The van der Waals surface area contributed by atoms with Crippen molar-refractivity contribution in [3.05, 3.63) is 54.1 Å². The van der Waals surface area contributed by atoms with E-state index in [2.05, 4.69) is 10.6 Å². The maximum atomic E-state index is 12.2. The van der Waals surface area contributed by atoms with Crippen LogP contribution in [0.25, 0.3) is 0 Å². The number of carbonyl (C=O) groups is 2. The summed E-state index contributed by atoms with van der Waals surface area (Å²) in [5.41, 5.74) is 3.19. The summed E-state index contributed by atoms with van der Waals surface area (Å²) in [5.74, 6) is -0.545. The number of carbonyl (C=O) groups excluding carboxylic acids is 2. The third-order valence-corrected chi connectivity index (χ3v) is 3.70. The van der Waals surface area contributed by atoms with E-state index in [-0.39, 0.29) is 18.4 Å². The number of benzene rings is 2. The van der Waals surface area contributed by atoms with Gasteiger partial charge in [0.05, 0.1) is 6.54 Å².